The van der Waals surface area contributed by atoms with Crippen molar-refractivity contribution in [2.75, 3.05) is 38.3 Å². The van der Waals surface area contributed by atoms with Gasteiger partial charge in [0.15, 0.2) is 5.79 Å². The van der Waals surface area contributed by atoms with Crippen LogP contribution in [0.5, 0.6) is 0 Å². The highest BCUT2D eigenvalue weighted by molar-refractivity contribution is 5.92. The highest BCUT2D eigenvalue weighted by Crippen LogP contribution is 2.32. The van der Waals surface area contributed by atoms with Crippen LogP contribution in [0.15, 0.2) is 36.4 Å². The summed E-state index contributed by atoms with van der Waals surface area (Å²) in [5.41, 5.74) is 1.51. The molecule has 4 rings (SSSR count). The van der Waals surface area contributed by atoms with Crippen LogP contribution in [0.2, 0.25) is 0 Å². The van der Waals surface area contributed by atoms with Gasteiger partial charge in [-0.25, -0.2) is 9.97 Å². The van der Waals surface area contributed by atoms with E-state index >= 15 is 0 Å². The van der Waals surface area contributed by atoms with Crippen LogP contribution in [0.4, 0.5) is 5.82 Å². The summed E-state index contributed by atoms with van der Waals surface area (Å²) in [4.78, 5) is 25.7. The van der Waals surface area contributed by atoms with Crippen LogP contribution in [-0.2, 0) is 16.0 Å². The molecule has 0 aliphatic carbocycles. The molecule has 1 amide bonds. The summed E-state index contributed by atoms with van der Waals surface area (Å²) >= 11 is 0. The van der Waals surface area contributed by atoms with Crippen molar-refractivity contribution in [1.29, 1.82) is 0 Å². The molecule has 1 aromatic heterocycles. The van der Waals surface area contributed by atoms with Gasteiger partial charge in [-0.2, -0.15) is 0 Å². The minimum atomic E-state index is -0.423. The van der Waals surface area contributed by atoms with Crippen LogP contribution in [0.1, 0.15) is 34.7 Å². The number of hydrogen-bond acceptors (Lipinski definition) is 6. The Balaban J connectivity index is 1.47. The first-order valence-electron chi connectivity index (χ1n) is 9.73. The van der Waals surface area contributed by atoms with Gasteiger partial charge in [0.1, 0.15) is 17.3 Å². The molecule has 2 aliphatic heterocycles. The molecule has 3 heterocycles. The van der Waals surface area contributed by atoms with Crippen molar-refractivity contribution in [3.63, 3.8) is 0 Å². The minimum absolute atomic E-state index is 0.105. The number of anilines is 1. The second-order valence-electron chi connectivity index (χ2n) is 7.40. The summed E-state index contributed by atoms with van der Waals surface area (Å²) < 4.78 is 11.6. The van der Waals surface area contributed by atoms with E-state index in [0.717, 1.165) is 37.3 Å². The van der Waals surface area contributed by atoms with Crippen LogP contribution in [0.3, 0.4) is 0 Å². The standard InChI is InChI=1S/C21H26N4O3/c1-16-22-18(20(26)24(2)15-17-6-4-3-5-7-17)14-19(23-16)25-10-8-21(9-11-25)27-12-13-28-21/h3-7,14H,8-13,15H2,1-2H3. The molecule has 2 aliphatic rings. The zero-order valence-electron chi connectivity index (χ0n) is 16.4. The molecule has 28 heavy (non-hydrogen) atoms. The molecule has 1 spiro atoms. The fourth-order valence-corrected chi connectivity index (χ4v) is 3.81. The maximum atomic E-state index is 12.9. The van der Waals surface area contributed by atoms with E-state index in [9.17, 15) is 4.79 Å². The number of carbonyl (C=O) groups is 1. The zero-order valence-corrected chi connectivity index (χ0v) is 16.4. The van der Waals surface area contributed by atoms with Gasteiger partial charge in [-0.15, -0.1) is 0 Å². The number of nitrogens with zero attached hydrogens (tertiary/aromatic N) is 4. The number of rotatable bonds is 4. The van der Waals surface area contributed by atoms with Gasteiger partial charge in [0.05, 0.1) is 13.2 Å². The van der Waals surface area contributed by atoms with Crippen molar-refractivity contribution in [2.45, 2.75) is 32.1 Å². The van der Waals surface area contributed by atoms with Gasteiger partial charge in [-0.1, -0.05) is 30.3 Å². The fraction of sp³-hybridized carbons (Fsp3) is 0.476. The highest BCUT2D eigenvalue weighted by atomic mass is 16.7. The van der Waals surface area contributed by atoms with Gasteiger partial charge in [0, 0.05) is 45.6 Å². The number of benzene rings is 1. The van der Waals surface area contributed by atoms with Gasteiger partial charge >= 0.3 is 0 Å². The summed E-state index contributed by atoms with van der Waals surface area (Å²) in [6.07, 6.45) is 1.60. The lowest BCUT2D eigenvalue weighted by atomic mass is 10.0. The molecular formula is C21H26N4O3. The SMILES string of the molecule is Cc1nc(C(=O)N(C)Cc2ccccc2)cc(N2CCC3(CC2)OCCO3)n1. The molecule has 2 saturated heterocycles. The number of carbonyl (C=O) groups excluding carboxylic acids is 1. The lowest BCUT2D eigenvalue weighted by Crippen LogP contribution is -2.45. The van der Waals surface area contributed by atoms with Crippen molar-refractivity contribution in [2.24, 2.45) is 0 Å². The molecule has 148 valence electrons. The normalized spacial score (nSPS) is 18.4. The summed E-state index contributed by atoms with van der Waals surface area (Å²) in [6.45, 7) is 5.26. The van der Waals surface area contributed by atoms with Crippen molar-refractivity contribution >= 4 is 11.7 Å². The Morgan fingerprint density at radius 1 is 1.14 bits per heavy atom. The number of hydrogen-bond donors (Lipinski definition) is 0. The zero-order chi connectivity index (χ0) is 19.6. The van der Waals surface area contributed by atoms with Crippen molar-refractivity contribution in [3.8, 4) is 0 Å². The molecular weight excluding hydrogens is 356 g/mol. The average Bonchev–Trinajstić information content (AvgIpc) is 3.16. The third kappa shape index (κ3) is 4.00. The Morgan fingerprint density at radius 3 is 2.50 bits per heavy atom. The number of ether oxygens (including phenoxy) is 2. The van der Waals surface area contributed by atoms with E-state index in [4.69, 9.17) is 9.47 Å². The predicted molar refractivity (Wildman–Crippen MR) is 105 cm³/mol. The van der Waals surface area contributed by atoms with Crippen LogP contribution in [0, 0.1) is 6.92 Å². The first-order chi connectivity index (χ1) is 13.5. The summed E-state index contributed by atoms with van der Waals surface area (Å²) in [7, 11) is 1.80. The van der Waals surface area contributed by atoms with Crippen molar-refractivity contribution in [3.05, 3.63) is 53.5 Å². The summed E-state index contributed by atoms with van der Waals surface area (Å²) in [5.74, 6) is 0.860. The smallest absolute Gasteiger partial charge is 0.272 e. The Bertz CT molecular complexity index is 827. The molecule has 0 bridgehead atoms. The van der Waals surface area contributed by atoms with E-state index in [2.05, 4.69) is 14.9 Å². The molecule has 0 N–H and O–H groups in total. The third-order valence-corrected chi connectivity index (χ3v) is 5.32. The Hall–Kier alpha value is -2.51. The first kappa shape index (κ1) is 18.8. The van der Waals surface area contributed by atoms with Crippen molar-refractivity contribution in [1.82, 2.24) is 14.9 Å². The second-order valence-corrected chi connectivity index (χ2v) is 7.40. The van der Waals surface area contributed by atoms with E-state index in [1.54, 1.807) is 18.0 Å². The number of piperidine rings is 1. The topological polar surface area (TPSA) is 67.8 Å². The molecule has 0 saturated carbocycles. The summed E-state index contributed by atoms with van der Waals surface area (Å²) in [6, 6.07) is 11.7. The largest absolute Gasteiger partial charge is 0.356 e. The average molecular weight is 382 g/mol. The maximum absolute atomic E-state index is 12.9. The lowest BCUT2D eigenvalue weighted by molar-refractivity contribution is -0.169. The fourth-order valence-electron chi connectivity index (χ4n) is 3.81. The highest BCUT2D eigenvalue weighted by Gasteiger charge is 2.40. The number of aromatic nitrogens is 2. The van der Waals surface area contributed by atoms with Crippen molar-refractivity contribution < 1.29 is 14.3 Å². The Morgan fingerprint density at radius 2 is 1.82 bits per heavy atom. The molecule has 1 aromatic carbocycles. The van der Waals surface area contributed by atoms with Gasteiger partial charge in [-0.05, 0) is 12.5 Å². The van der Waals surface area contributed by atoms with E-state index in [0.29, 0.717) is 31.3 Å². The van der Waals surface area contributed by atoms with Gasteiger partial charge < -0.3 is 19.3 Å². The lowest BCUT2D eigenvalue weighted by Gasteiger charge is -2.38. The number of aryl methyl sites for hydroxylation is 1. The Labute approximate surface area is 165 Å². The quantitative estimate of drug-likeness (QED) is 0.809. The minimum Gasteiger partial charge on any atom is -0.356 e. The first-order valence-corrected chi connectivity index (χ1v) is 9.73. The van der Waals surface area contributed by atoms with E-state index < -0.39 is 5.79 Å². The van der Waals surface area contributed by atoms with Gasteiger partial charge in [0.2, 0.25) is 0 Å². The van der Waals surface area contributed by atoms with Crippen LogP contribution < -0.4 is 4.90 Å². The molecule has 2 aromatic rings. The molecule has 0 unspecified atom stereocenters. The molecule has 0 atom stereocenters. The van der Waals surface area contributed by atoms with Crippen LogP contribution in [0.25, 0.3) is 0 Å². The van der Waals surface area contributed by atoms with E-state index in [-0.39, 0.29) is 5.91 Å². The molecule has 2 fully saturated rings. The second kappa shape index (κ2) is 7.85. The van der Waals surface area contributed by atoms with E-state index in [1.165, 1.54) is 0 Å². The molecule has 7 nitrogen and oxygen atoms in total. The monoisotopic (exact) mass is 382 g/mol. The summed E-state index contributed by atoms with van der Waals surface area (Å²) in [5, 5.41) is 0. The number of amides is 1. The van der Waals surface area contributed by atoms with E-state index in [1.807, 2.05) is 37.3 Å². The van der Waals surface area contributed by atoms with Crippen LogP contribution >= 0.6 is 0 Å². The predicted octanol–water partition coefficient (Wildman–Crippen LogP) is 2.40. The Kier molecular flexibility index (Phi) is 5.28. The molecule has 7 heteroatoms. The third-order valence-electron chi connectivity index (χ3n) is 5.32. The van der Waals surface area contributed by atoms with Gasteiger partial charge in [0.25, 0.3) is 5.91 Å². The maximum Gasteiger partial charge on any atom is 0.272 e. The van der Waals surface area contributed by atoms with Crippen LogP contribution in [-0.4, -0.2) is 59.9 Å². The van der Waals surface area contributed by atoms with Gasteiger partial charge in [-0.3, -0.25) is 4.79 Å². The molecule has 0 radical (unpaired) electrons.